The van der Waals surface area contributed by atoms with Crippen molar-refractivity contribution in [2.24, 2.45) is 5.73 Å². The zero-order chi connectivity index (χ0) is 13.7. The molecule has 1 aromatic rings. The van der Waals surface area contributed by atoms with Crippen molar-refractivity contribution in [2.45, 2.75) is 13.3 Å². The molecule has 6 heteroatoms. The summed E-state index contributed by atoms with van der Waals surface area (Å²) in [5, 5.41) is 0. The Labute approximate surface area is 110 Å². The maximum absolute atomic E-state index is 13.4. The van der Waals surface area contributed by atoms with Crippen LogP contribution < -0.4 is 5.73 Å². The summed E-state index contributed by atoms with van der Waals surface area (Å²) in [4.78, 5) is 13.5. The maximum atomic E-state index is 13.4. The van der Waals surface area contributed by atoms with E-state index in [9.17, 15) is 13.6 Å². The fourth-order valence-electron chi connectivity index (χ4n) is 1.50. The third kappa shape index (κ3) is 4.03. The van der Waals surface area contributed by atoms with E-state index < -0.39 is 11.6 Å². The van der Waals surface area contributed by atoms with Crippen LogP contribution in [0.2, 0.25) is 0 Å². The lowest BCUT2D eigenvalue weighted by molar-refractivity contribution is -0.129. The standard InChI is InChI=1S/C12H14F2N2OS/c1-2-16(7-11(15)18)12(17)5-8-3-4-9(13)6-10(8)14/h3-4,6H,2,5,7H2,1H3,(H2,15,18). The average molecular weight is 272 g/mol. The Morgan fingerprint density at radius 1 is 1.44 bits per heavy atom. The predicted octanol–water partition coefficient (Wildman–Crippen LogP) is 1.64. The predicted molar refractivity (Wildman–Crippen MR) is 69.1 cm³/mol. The number of rotatable bonds is 5. The molecule has 0 saturated carbocycles. The number of likely N-dealkylation sites (N-methyl/N-ethyl adjacent to an activating group) is 1. The zero-order valence-electron chi connectivity index (χ0n) is 9.95. The van der Waals surface area contributed by atoms with Crippen molar-refractivity contribution in [1.29, 1.82) is 0 Å². The molecule has 3 nitrogen and oxygen atoms in total. The van der Waals surface area contributed by atoms with E-state index in [1.54, 1.807) is 6.92 Å². The van der Waals surface area contributed by atoms with Gasteiger partial charge < -0.3 is 10.6 Å². The summed E-state index contributed by atoms with van der Waals surface area (Å²) in [6.07, 6.45) is -0.136. The topological polar surface area (TPSA) is 46.3 Å². The molecule has 0 bridgehead atoms. The molecule has 0 heterocycles. The van der Waals surface area contributed by atoms with Gasteiger partial charge in [-0.15, -0.1) is 0 Å². The van der Waals surface area contributed by atoms with Crippen LogP contribution in [0.5, 0.6) is 0 Å². The van der Waals surface area contributed by atoms with Crippen molar-refractivity contribution in [3.05, 3.63) is 35.4 Å². The smallest absolute Gasteiger partial charge is 0.227 e. The van der Waals surface area contributed by atoms with E-state index in [1.165, 1.54) is 11.0 Å². The Bertz CT molecular complexity index is 465. The number of amides is 1. The molecule has 1 rings (SSSR count). The summed E-state index contributed by atoms with van der Waals surface area (Å²) in [5.41, 5.74) is 5.52. The van der Waals surface area contributed by atoms with Gasteiger partial charge >= 0.3 is 0 Å². The summed E-state index contributed by atoms with van der Waals surface area (Å²) in [5.74, 6) is -1.69. The number of hydrogen-bond donors (Lipinski definition) is 1. The first-order valence-corrected chi connectivity index (χ1v) is 5.84. The molecule has 1 amide bonds. The Kier molecular flexibility index (Phi) is 5.15. The van der Waals surface area contributed by atoms with E-state index in [0.717, 1.165) is 12.1 Å². The summed E-state index contributed by atoms with van der Waals surface area (Å²) in [6, 6.07) is 3.14. The van der Waals surface area contributed by atoms with Crippen molar-refractivity contribution in [1.82, 2.24) is 4.90 Å². The number of hydrogen-bond acceptors (Lipinski definition) is 2. The highest BCUT2D eigenvalue weighted by Gasteiger charge is 2.15. The van der Waals surface area contributed by atoms with E-state index in [2.05, 4.69) is 0 Å². The van der Waals surface area contributed by atoms with Gasteiger partial charge in [0, 0.05) is 12.6 Å². The second-order valence-corrected chi connectivity index (χ2v) is 4.31. The van der Waals surface area contributed by atoms with Crippen LogP contribution in [0.15, 0.2) is 18.2 Å². The van der Waals surface area contributed by atoms with Crippen molar-refractivity contribution >= 4 is 23.1 Å². The Morgan fingerprint density at radius 3 is 2.61 bits per heavy atom. The van der Waals surface area contributed by atoms with Crippen LogP contribution >= 0.6 is 12.2 Å². The molecule has 0 aliphatic rings. The van der Waals surface area contributed by atoms with Crippen LogP contribution in [0, 0.1) is 11.6 Å². The quantitative estimate of drug-likeness (QED) is 0.829. The van der Waals surface area contributed by atoms with Crippen LogP contribution in [0.3, 0.4) is 0 Å². The van der Waals surface area contributed by atoms with Gasteiger partial charge in [0.2, 0.25) is 5.91 Å². The van der Waals surface area contributed by atoms with Crippen LogP contribution in [0.25, 0.3) is 0 Å². The van der Waals surface area contributed by atoms with Gasteiger partial charge in [0.15, 0.2) is 0 Å². The fraction of sp³-hybridized carbons (Fsp3) is 0.333. The molecule has 0 fully saturated rings. The number of carbonyl (C=O) groups is 1. The first-order valence-electron chi connectivity index (χ1n) is 5.44. The molecule has 2 N–H and O–H groups in total. The van der Waals surface area contributed by atoms with E-state index >= 15 is 0 Å². The van der Waals surface area contributed by atoms with Gasteiger partial charge in [-0.05, 0) is 18.6 Å². The SMILES string of the molecule is CCN(CC(N)=S)C(=O)Cc1ccc(F)cc1F. The highest BCUT2D eigenvalue weighted by atomic mass is 32.1. The van der Waals surface area contributed by atoms with Crippen molar-refractivity contribution in [3.8, 4) is 0 Å². The first-order chi connectivity index (χ1) is 8.43. The van der Waals surface area contributed by atoms with Gasteiger partial charge in [-0.3, -0.25) is 4.79 Å². The van der Waals surface area contributed by atoms with Gasteiger partial charge in [0.05, 0.1) is 18.0 Å². The molecule has 1 aromatic carbocycles. The molecule has 0 aromatic heterocycles. The molecule has 0 unspecified atom stereocenters. The molecule has 0 radical (unpaired) electrons. The van der Waals surface area contributed by atoms with Crippen molar-refractivity contribution < 1.29 is 13.6 Å². The molecule has 0 aliphatic heterocycles. The summed E-state index contributed by atoms with van der Waals surface area (Å²) in [6.45, 7) is 2.36. The largest absolute Gasteiger partial charge is 0.392 e. The van der Waals surface area contributed by atoms with Crippen molar-refractivity contribution in [3.63, 3.8) is 0 Å². The summed E-state index contributed by atoms with van der Waals surface area (Å²) in [7, 11) is 0. The van der Waals surface area contributed by atoms with E-state index in [-0.39, 0.29) is 29.4 Å². The zero-order valence-corrected chi connectivity index (χ0v) is 10.8. The third-order valence-corrected chi connectivity index (χ3v) is 2.57. The monoisotopic (exact) mass is 272 g/mol. The lowest BCUT2D eigenvalue weighted by atomic mass is 10.1. The van der Waals surface area contributed by atoms with Crippen molar-refractivity contribution in [2.75, 3.05) is 13.1 Å². The maximum Gasteiger partial charge on any atom is 0.227 e. The molecule has 0 saturated heterocycles. The first kappa shape index (κ1) is 14.5. The van der Waals surface area contributed by atoms with Gasteiger partial charge in [-0.1, -0.05) is 18.3 Å². The summed E-state index contributed by atoms with van der Waals surface area (Å²) < 4.78 is 26.1. The van der Waals surface area contributed by atoms with E-state index in [1.807, 2.05) is 0 Å². The lowest BCUT2D eigenvalue weighted by Crippen LogP contribution is -2.38. The van der Waals surface area contributed by atoms with Crippen LogP contribution in [-0.4, -0.2) is 28.9 Å². The van der Waals surface area contributed by atoms with Gasteiger partial charge in [0.25, 0.3) is 0 Å². The van der Waals surface area contributed by atoms with E-state index in [4.69, 9.17) is 18.0 Å². The van der Waals surface area contributed by atoms with Gasteiger partial charge in [0.1, 0.15) is 11.6 Å². The van der Waals surface area contributed by atoms with E-state index in [0.29, 0.717) is 6.54 Å². The average Bonchev–Trinajstić information content (AvgIpc) is 2.29. The number of halogens is 2. The molecule has 18 heavy (non-hydrogen) atoms. The fourth-order valence-corrected chi connectivity index (χ4v) is 1.66. The van der Waals surface area contributed by atoms with Gasteiger partial charge in [-0.25, -0.2) is 8.78 Å². The Balaban J connectivity index is 2.76. The normalized spacial score (nSPS) is 10.2. The molecule has 98 valence electrons. The number of thiocarbonyl (C=S) groups is 1. The van der Waals surface area contributed by atoms with Crippen LogP contribution in [0.4, 0.5) is 8.78 Å². The second-order valence-electron chi connectivity index (χ2n) is 3.79. The second kappa shape index (κ2) is 6.39. The molecule has 0 atom stereocenters. The summed E-state index contributed by atoms with van der Waals surface area (Å²) >= 11 is 4.73. The number of carbonyl (C=O) groups excluding carboxylic acids is 1. The molecular formula is C12H14F2N2OS. The Morgan fingerprint density at radius 2 is 2.11 bits per heavy atom. The lowest BCUT2D eigenvalue weighted by Gasteiger charge is -2.20. The van der Waals surface area contributed by atoms with Crippen LogP contribution in [0.1, 0.15) is 12.5 Å². The highest BCUT2D eigenvalue weighted by molar-refractivity contribution is 7.80. The minimum absolute atomic E-state index is 0.136. The molecule has 0 spiro atoms. The highest BCUT2D eigenvalue weighted by Crippen LogP contribution is 2.11. The molecular weight excluding hydrogens is 258 g/mol. The Hall–Kier alpha value is -1.56. The number of nitrogens with two attached hydrogens (primary N) is 1. The van der Waals surface area contributed by atoms with Gasteiger partial charge in [-0.2, -0.15) is 0 Å². The number of benzene rings is 1. The third-order valence-electron chi connectivity index (χ3n) is 2.44. The minimum Gasteiger partial charge on any atom is -0.392 e. The molecule has 0 aliphatic carbocycles. The number of nitrogens with zero attached hydrogens (tertiary/aromatic N) is 1. The van der Waals surface area contributed by atoms with Crippen LogP contribution in [-0.2, 0) is 11.2 Å². The minimum atomic E-state index is -0.727.